The van der Waals surface area contributed by atoms with E-state index in [9.17, 15) is 18.3 Å². The van der Waals surface area contributed by atoms with Gasteiger partial charge in [-0.2, -0.15) is 4.79 Å². The number of amides is 1. The van der Waals surface area contributed by atoms with Gasteiger partial charge in [-0.15, -0.1) is 0 Å². The molecular weight excluding hydrogens is 490 g/mol. The molecule has 2 rings (SSSR count). The van der Waals surface area contributed by atoms with Crippen molar-refractivity contribution in [3.05, 3.63) is 27.1 Å². The van der Waals surface area contributed by atoms with Gasteiger partial charge in [-0.1, -0.05) is 15.9 Å². The second kappa shape index (κ2) is 7.48. The number of benzene rings is 1. The number of rotatable bonds is 4. The van der Waals surface area contributed by atoms with Crippen LogP contribution in [0.5, 0.6) is 0 Å². The van der Waals surface area contributed by atoms with E-state index >= 15 is 0 Å². The molecule has 7 nitrogen and oxygen atoms in total. The van der Waals surface area contributed by atoms with Crippen LogP contribution in [0.4, 0.5) is 4.79 Å². The number of quaternary nitrogens is 1. The summed E-state index contributed by atoms with van der Waals surface area (Å²) in [5.41, 5.74) is 5.24. The van der Waals surface area contributed by atoms with E-state index in [2.05, 4.69) is 36.6 Å². The lowest BCUT2D eigenvalue weighted by Crippen LogP contribution is -2.67. The predicted molar refractivity (Wildman–Crippen MR) is 106 cm³/mol. The van der Waals surface area contributed by atoms with Gasteiger partial charge in [0, 0.05) is 21.9 Å². The van der Waals surface area contributed by atoms with Crippen molar-refractivity contribution in [1.82, 2.24) is 4.72 Å². The first-order valence-electron chi connectivity index (χ1n) is 8.14. The van der Waals surface area contributed by atoms with Crippen molar-refractivity contribution in [3.8, 4) is 0 Å². The highest BCUT2D eigenvalue weighted by atomic mass is 79.9. The lowest BCUT2D eigenvalue weighted by Gasteiger charge is -2.44. The van der Waals surface area contributed by atoms with Crippen LogP contribution in [0, 0.1) is 0 Å². The third-order valence-corrected chi connectivity index (χ3v) is 8.01. The van der Waals surface area contributed by atoms with Crippen LogP contribution in [-0.4, -0.2) is 54.8 Å². The number of carboxylic acid groups (broad SMARTS) is 1. The summed E-state index contributed by atoms with van der Waals surface area (Å²) in [6.07, 6.45) is -0.622. The maximum absolute atomic E-state index is 12.8. The third kappa shape index (κ3) is 3.85. The fourth-order valence-corrected chi connectivity index (χ4v) is 6.49. The number of carbonyl (C=O) groups is 1. The average molecular weight is 514 g/mol. The van der Waals surface area contributed by atoms with Crippen molar-refractivity contribution >= 4 is 48.0 Å². The van der Waals surface area contributed by atoms with E-state index in [4.69, 9.17) is 5.73 Å². The molecule has 1 aliphatic heterocycles. The van der Waals surface area contributed by atoms with E-state index < -0.39 is 27.7 Å². The summed E-state index contributed by atoms with van der Waals surface area (Å²) in [7, 11) is -3.82. The summed E-state index contributed by atoms with van der Waals surface area (Å²) in [6.45, 7) is 5.83. The Labute approximate surface area is 170 Å². The highest BCUT2D eigenvalue weighted by Gasteiger charge is 2.59. The molecule has 26 heavy (non-hydrogen) atoms. The summed E-state index contributed by atoms with van der Waals surface area (Å²) >= 11 is 6.54. The summed E-state index contributed by atoms with van der Waals surface area (Å²) in [4.78, 5) is 12.2. The van der Waals surface area contributed by atoms with Crippen LogP contribution in [-0.2, 0) is 10.0 Å². The number of halogens is 2. The monoisotopic (exact) mass is 512 g/mol. The smallest absolute Gasteiger partial charge is 0.435 e. The number of nitrogens with zero attached hydrogens (tertiary/aromatic N) is 1. The minimum absolute atomic E-state index is 0.104. The van der Waals surface area contributed by atoms with Crippen molar-refractivity contribution in [2.45, 2.75) is 49.7 Å². The number of nitrogens with one attached hydrogen (secondary N) is 1. The van der Waals surface area contributed by atoms with Gasteiger partial charge in [0.05, 0.1) is 10.9 Å². The number of hydrogen-bond acceptors (Lipinski definition) is 4. The van der Waals surface area contributed by atoms with Crippen LogP contribution in [0.15, 0.2) is 32.0 Å². The molecule has 0 saturated carbocycles. The first-order chi connectivity index (χ1) is 11.8. The van der Waals surface area contributed by atoms with Crippen LogP contribution in [0.25, 0.3) is 0 Å². The Morgan fingerprint density at radius 2 is 2.00 bits per heavy atom. The third-order valence-electron chi connectivity index (χ3n) is 5.00. The Morgan fingerprint density at radius 1 is 1.38 bits per heavy atom. The van der Waals surface area contributed by atoms with Gasteiger partial charge >= 0.3 is 6.09 Å². The van der Waals surface area contributed by atoms with Crippen LogP contribution in [0.3, 0.4) is 0 Å². The fraction of sp³-hybridized carbons (Fsp3) is 0.562. The Balaban J connectivity index is 2.37. The molecule has 1 aliphatic rings. The molecule has 1 aromatic rings. The second-order valence-corrected chi connectivity index (χ2v) is 11.0. The fourth-order valence-electron chi connectivity index (χ4n) is 3.75. The molecule has 1 fully saturated rings. The van der Waals surface area contributed by atoms with Crippen molar-refractivity contribution in [2.24, 2.45) is 5.73 Å². The summed E-state index contributed by atoms with van der Waals surface area (Å²) in [5.74, 6) is 0. The van der Waals surface area contributed by atoms with E-state index in [1.807, 2.05) is 20.8 Å². The van der Waals surface area contributed by atoms with Gasteiger partial charge in [-0.25, -0.2) is 17.6 Å². The molecule has 1 saturated heterocycles. The quantitative estimate of drug-likeness (QED) is 0.536. The van der Waals surface area contributed by atoms with Crippen molar-refractivity contribution in [1.29, 1.82) is 0 Å². The summed E-state index contributed by atoms with van der Waals surface area (Å²) < 4.78 is 29.2. The maximum Gasteiger partial charge on any atom is 0.514 e. The van der Waals surface area contributed by atoms with Crippen molar-refractivity contribution in [3.63, 3.8) is 0 Å². The number of hydrogen-bond donors (Lipinski definition) is 3. The zero-order valence-corrected chi connectivity index (χ0v) is 18.9. The summed E-state index contributed by atoms with van der Waals surface area (Å²) in [5, 5.41) is 9.94. The second-order valence-electron chi connectivity index (χ2n) is 7.52. The van der Waals surface area contributed by atoms with Gasteiger partial charge in [0.25, 0.3) is 0 Å². The maximum atomic E-state index is 12.8. The van der Waals surface area contributed by atoms with Crippen molar-refractivity contribution in [2.75, 3.05) is 13.1 Å². The Kier molecular flexibility index (Phi) is 6.26. The van der Waals surface area contributed by atoms with Crippen molar-refractivity contribution < 1.29 is 22.8 Å². The van der Waals surface area contributed by atoms with Crippen LogP contribution < -0.4 is 10.5 Å². The molecule has 1 aromatic carbocycles. The van der Waals surface area contributed by atoms with E-state index in [1.165, 1.54) is 6.07 Å². The van der Waals surface area contributed by atoms with Gasteiger partial charge in [-0.3, -0.25) is 0 Å². The number of likely N-dealkylation sites (tertiary alicyclic amines) is 1. The molecule has 1 amide bonds. The van der Waals surface area contributed by atoms with Gasteiger partial charge < -0.3 is 10.8 Å². The first kappa shape index (κ1) is 21.8. The summed E-state index contributed by atoms with van der Waals surface area (Å²) in [6, 6.07) is 3.99. The molecule has 146 valence electrons. The predicted octanol–water partition coefficient (Wildman–Crippen LogP) is 2.88. The van der Waals surface area contributed by atoms with E-state index in [0.29, 0.717) is 15.4 Å². The van der Waals surface area contributed by atoms with Crippen LogP contribution in [0.1, 0.15) is 27.2 Å². The molecular formula is C16H24Br2N3O4S+. The van der Waals surface area contributed by atoms with Gasteiger partial charge in [0.15, 0.2) is 0 Å². The minimum Gasteiger partial charge on any atom is -0.435 e. The molecule has 0 radical (unpaired) electrons. The molecule has 1 heterocycles. The highest BCUT2D eigenvalue weighted by molar-refractivity contribution is 9.11. The molecule has 4 N–H and O–H groups in total. The lowest BCUT2D eigenvalue weighted by molar-refractivity contribution is -0.913. The first-order valence-corrected chi connectivity index (χ1v) is 11.2. The Morgan fingerprint density at radius 3 is 2.46 bits per heavy atom. The molecule has 0 aromatic heterocycles. The average Bonchev–Trinajstić information content (AvgIpc) is 2.88. The highest BCUT2D eigenvalue weighted by Crippen LogP contribution is 2.37. The van der Waals surface area contributed by atoms with E-state index in [1.54, 1.807) is 12.1 Å². The van der Waals surface area contributed by atoms with Gasteiger partial charge in [0.1, 0.15) is 18.1 Å². The zero-order chi connectivity index (χ0) is 19.9. The number of sulfonamides is 1. The SMILES string of the molecule is CC(C)(C)[N+]1(C(=O)O)C[C@H](NS(=O)(=O)c2cc(Br)ccc2Br)C[C@@H]1CN. The lowest BCUT2D eigenvalue weighted by atomic mass is 10.00. The molecule has 0 spiro atoms. The molecule has 10 heteroatoms. The zero-order valence-electron chi connectivity index (χ0n) is 14.9. The van der Waals surface area contributed by atoms with E-state index in [0.717, 1.165) is 0 Å². The normalized spacial score (nSPS) is 26.8. The van der Waals surface area contributed by atoms with Gasteiger partial charge in [-0.05, 0) is 54.9 Å². The Bertz CT molecular complexity index is 810. The number of nitrogens with two attached hydrogens (primary N) is 1. The van der Waals surface area contributed by atoms with Crippen LogP contribution in [0.2, 0.25) is 0 Å². The minimum atomic E-state index is -3.82. The van der Waals surface area contributed by atoms with E-state index in [-0.39, 0.29) is 28.5 Å². The largest absolute Gasteiger partial charge is 0.514 e. The molecule has 3 atom stereocenters. The topological polar surface area (TPSA) is 109 Å². The van der Waals surface area contributed by atoms with Gasteiger partial charge in [0.2, 0.25) is 10.0 Å². The Hall–Kier alpha value is -0.520. The molecule has 0 aliphatic carbocycles. The van der Waals surface area contributed by atoms with Crippen LogP contribution >= 0.6 is 31.9 Å². The molecule has 0 bridgehead atoms. The standard InChI is InChI=1S/C16H23Br2N3O4S/c1-16(2,3)21(15(22)23)9-11(7-12(21)8-19)20-26(24,25)14-6-10(17)4-5-13(14)18/h4-6,11-12,20H,7-9,19H2,1-3H3/p+1/t11-,12-,21?/m1/s1. The molecule has 1 unspecified atom stereocenters.